The van der Waals surface area contributed by atoms with Crippen LogP contribution in [0.2, 0.25) is 8.47 Å². The Labute approximate surface area is 804 Å². The van der Waals surface area contributed by atoms with Gasteiger partial charge in [-0.25, -0.2) is 28.8 Å². The van der Waals surface area contributed by atoms with Crippen molar-refractivity contribution in [2.75, 3.05) is 163 Å². The molecule has 0 saturated carbocycles. The van der Waals surface area contributed by atoms with Gasteiger partial charge in [-0.3, -0.25) is 0 Å². The Bertz CT molecular complexity index is 8050. The van der Waals surface area contributed by atoms with Crippen molar-refractivity contribution in [2.45, 2.75) is 113 Å². The Morgan fingerprint density at radius 1 is 0.317 bits per heavy atom. The van der Waals surface area contributed by atoms with E-state index in [1.165, 1.54) is 44.2 Å². The van der Waals surface area contributed by atoms with Crippen LogP contribution in [-0.2, 0) is 105 Å². The first-order chi connectivity index (χ1) is 79.6. The molecule has 0 unspecified atom stereocenters. The zero-order valence-electron chi connectivity index (χ0n) is 117. The molecule has 30 heteroatoms. The summed E-state index contributed by atoms with van der Waals surface area (Å²) in [6.07, 6.45) is -13.4. The number of aromatic amines is 6. The van der Waals surface area contributed by atoms with Gasteiger partial charge in [0.05, 0.1) is 52.6 Å². The minimum atomic E-state index is -3.59. The third-order valence-electron chi connectivity index (χ3n) is 19.5. The number of aromatic nitrogens is 6. The molecule has 6 amide bonds. The first kappa shape index (κ1) is 48.0. The van der Waals surface area contributed by atoms with Crippen molar-refractivity contribution in [1.29, 1.82) is 0 Å². The topological polar surface area (TPSA) is 344 Å². The molecule has 6 fully saturated rings. The number of nitrogens with one attached hydrogen (secondary N) is 12. The van der Waals surface area contributed by atoms with Crippen LogP contribution in [0.25, 0.3) is 65.4 Å². The number of aryl methyl sites for hydroxylation is 3. The lowest BCUT2D eigenvalue weighted by Gasteiger charge is -2.09. The minimum absolute atomic E-state index is 0.0104. The molecular weight excluding hydrogens is 1600 g/mol. The molecule has 6 aliphatic heterocycles. The van der Waals surface area contributed by atoms with Gasteiger partial charge in [-0.05, 0) is 301 Å². The van der Waals surface area contributed by atoms with Crippen LogP contribution in [0.4, 0.5) is 28.8 Å². The van der Waals surface area contributed by atoms with Crippen molar-refractivity contribution in [1.82, 2.24) is 91.2 Å². The molecule has 6 aromatic heterocycles. The molecule has 0 spiro atoms. The quantitative estimate of drug-likeness (QED) is 0.0186. The van der Waals surface area contributed by atoms with Gasteiger partial charge < -0.3 is 120 Å². The summed E-state index contributed by atoms with van der Waals surface area (Å²) in [5.74, 6) is 0. The Hall–Kier alpha value is -12.1. The zero-order valence-corrected chi connectivity index (χ0v) is 69.4. The third kappa shape index (κ3) is 26.5. The highest BCUT2D eigenvalue weighted by Crippen LogP contribution is 2.29. The molecule has 6 atom stereocenters. The fourth-order valence-electron chi connectivity index (χ4n) is 13.6. The van der Waals surface area contributed by atoms with Gasteiger partial charge in [0.1, 0.15) is 39.6 Å². The van der Waals surface area contributed by atoms with Gasteiger partial charge in [0, 0.05) is 183 Å². The average Bonchev–Trinajstić information content (AvgIpc) is 1.69. The second kappa shape index (κ2) is 43.7. The van der Waals surface area contributed by atoms with Gasteiger partial charge in [-0.2, -0.15) is 0 Å². The second-order valence-electron chi connectivity index (χ2n) is 30.0. The maximum Gasteiger partial charge on any atom is 0.407 e. The fourth-order valence-corrected chi connectivity index (χ4v) is 13.6. The number of rotatable bonds is 30. The van der Waals surface area contributed by atoms with E-state index in [0.717, 1.165) is 49.9 Å². The Balaban J connectivity index is 0.000000171. The third-order valence-corrected chi connectivity index (χ3v) is 19.5. The van der Waals surface area contributed by atoms with E-state index in [1.54, 1.807) is 84.9 Å². The minimum Gasteiger partial charge on any atom is -0.447 e. The fraction of sp³-hybridized carbons (Fsp3) is 0.438. The molecule has 6 aliphatic rings. The summed E-state index contributed by atoms with van der Waals surface area (Å²) in [5.41, 5.74) is 6.82. The monoisotopic (exact) mass is 1770 g/mol. The molecule has 0 aliphatic carbocycles. The van der Waals surface area contributed by atoms with Crippen LogP contribution in [0.3, 0.4) is 0 Å². The first-order valence-corrected chi connectivity index (χ1v) is 39.4. The van der Waals surface area contributed by atoms with Gasteiger partial charge in [-0.15, -0.1) is 0 Å². The molecule has 18 rings (SSSR count). The van der Waals surface area contributed by atoms with Crippen LogP contribution in [0.1, 0.15) is 124 Å². The van der Waals surface area contributed by atoms with E-state index in [9.17, 15) is 28.8 Å². The molecule has 12 N–H and O–H groups in total. The van der Waals surface area contributed by atoms with Crippen molar-refractivity contribution >= 4 is 102 Å². The van der Waals surface area contributed by atoms with E-state index >= 15 is 0 Å². The highest BCUT2D eigenvalue weighted by Gasteiger charge is 2.29. The van der Waals surface area contributed by atoms with Crippen molar-refractivity contribution in [3.63, 3.8) is 0 Å². The van der Waals surface area contributed by atoms with E-state index in [2.05, 4.69) is 30.9 Å². The number of nitrogens with zero attached hydrogens (tertiary/aromatic N) is 6. The highest BCUT2D eigenvalue weighted by atomic mass is 16.6. The number of cyclic esters (lactones) is 6. The van der Waals surface area contributed by atoms with Crippen LogP contribution in [0.15, 0.2) is 146 Å². The summed E-state index contributed by atoms with van der Waals surface area (Å²) in [4.78, 5) is 83.7. The maximum atomic E-state index is 11.5. The number of alkyl carbamates (subject to hydrolysis) is 6. The molecule has 0 radical (unpaired) electrons. The maximum absolute atomic E-state index is 11.5. The van der Waals surface area contributed by atoms with Crippen LogP contribution in [-0.4, -0.2) is 295 Å². The average molecular weight is 1770 g/mol. The van der Waals surface area contributed by atoms with Crippen LogP contribution in [0, 0.1) is 0 Å². The zero-order chi connectivity index (χ0) is 131. The smallest absolute Gasteiger partial charge is 0.407 e. The highest BCUT2D eigenvalue weighted by molar-refractivity contribution is 5.88. The van der Waals surface area contributed by atoms with E-state index in [0.29, 0.717) is 115 Å². The lowest BCUT2D eigenvalue weighted by molar-refractivity contribution is 0.176. The van der Waals surface area contributed by atoms with Crippen LogP contribution in [0.5, 0.6) is 0 Å². The Morgan fingerprint density at radius 3 is 0.857 bits per heavy atom. The largest absolute Gasteiger partial charge is 0.447 e. The molecule has 30 nitrogen and oxygen atoms in total. The van der Waals surface area contributed by atoms with Crippen LogP contribution >= 0.6 is 0 Å². The van der Waals surface area contributed by atoms with Crippen molar-refractivity contribution < 1.29 is 123 Å². The van der Waals surface area contributed by atoms with Crippen molar-refractivity contribution in [3.8, 4) is 0 Å². The number of ether oxygens (including phenoxy) is 6. The normalized spacial score (nSPS) is 28.8. The summed E-state index contributed by atoms with van der Waals surface area (Å²) in [6.45, 7) is -27.4. The van der Waals surface area contributed by atoms with Crippen LogP contribution < -0.4 is 31.9 Å². The van der Waals surface area contributed by atoms with Gasteiger partial charge in [0.2, 0.25) is 0 Å². The van der Waals surface area contributed by atoms with E-state index < -0.39 is 170 Å². The molecule has 126 heavy (non-hydrogen) atoms. The van der Waals surface area contributed by atoms with E-state index in [4.69, 9.17) is 94.5 Å². The molecule has 6 saturated heterocycles. The lowest BCUT2D eigenvalue weighted by atomic mass is 10.0. The standard InChI is InChI=1S/6C16H21N3O2/c6*1-19(2)6-5-12-9-17-15-4-3-11(8-14(12)15)7-13-10-21-16(20)18-13/h6*3-4,8-9,13,17H,5-7,10H2,1-2H3,(H,18,20)/t6*13-/m000000/s1/i1D3,2D3,5D2,6D2,9D,13D;1D3,5D2,6D2,9D,13D;5D2,6D2,9D,13D;1D3,2D3,9D,13D;1D3,9D,13D;9D,13D/hD6. The Kier molecular flexibility index (Phi) is 16.7. The predicted octanol–water partition coefficient (Wildman–Crippen LogP) is 11.5. The number of amides is 6. The van der Waals surface area contributed by atoms with Gasteiger partial charge in [-0.1, -0.05) is 36.4 Å². The second-order valence-corrected chi connectivity index (χ2v) is 30.0. The number of likely N-dealkylation sites (N-methyl/N-ethyl adjacent to an activating group) is 6. The summed E-state index contributed by atoms with van der Waals surface area (Å²) < 4.78 is 409. The molecule has 672 valence electrons. The summed E-state index contributed by atoms with van der Waals surface area (Å²) in [6, 6.07) is 20.5. The number of H-pyrrole nitrogens is 6. The number of carbonyl (C=O) groups excluding carboxylic acids is 6. The lowest BCUT2D eigenvalue weighted by Crippen LogP contribution is -2.28. The number of hydrogen-bond donors (Lipinski definition) is 12. The van der Waals surface area contributed by atoms with Crippen molar-refractivity contribution in [3.05, 3.63) is 213 Å². The number of carbonyl (C=O) groups is 6. The predicted molar refractivity (Wildman–Crippen MR) is 495 cm³/mol. The van der Waals surface area contributed by atoms with Crippen molar-refractivity contribution in [2.24, 2.45) is 0 Å². The number of fused-ring (bicyclic) bond motifs is 6. The summed E-state index contributed by atoms with van der Waals surface area (Å²) in [7, 11) is 9.23. The van der Waals surface area contributed by atoms with Gasteiger partial charge in [0.15, 0.2) is 8.47 Å². The molecule has 12 heterocycles. The number of hydrogen-bond acceptors (Lipinski definition) is 18. The van der Waals surface area contributed by atoms with Gasteiger partial charge in [0.25, 0.3) is 0 Å². The SMILES string of the molecule is [2H]c1[nH]c2ccc(C[C@@]3([2H])COC(=O)N3)cc2c1C([2H])([2H])C([2H])([2H])N(C([2H])([2H])[2H])C([2H])([2H])[2H].[2H]c1[nH]c2ccc(C[C@@]3([2H])COC(=O)N3)cc2c1C([2H])([2H])C([2H])([2H])N(C)C.[2H]c1[nH]c2ccc(C[C@@]3([2H])COC(=O)N3)cc2c1C([2H])([2H])C([2H])([2H])N(C)C([2H])([2H])[2H].[2H]c1c(CCN(C([2H])([2H])[2H])C([2H])([2H])[2H])c2cc(C[C@@]3([2H])COC(=O)N3[2H])ccc2n1[2H].[2H]c1c(CCN(C)C([2H])([2H])[2H])c2cc(C[C@@]3([2H])COC(=O)N3[2H])ccc2n1[2H].[2H]c1c(CCN(C)C)c2cc(C[C@@]3([2H])COC(=O)N3[2H])ccc2n1[2H]. The van der Waals surface area contributed by atoms with E-state index in [-0.39, 0.29) is 162 Å². The number of benzene rings is 6. The molecule has 0 bridgehead atoms. The molecule has 6 aromatic carbocycles. The molecule has 12 aromatic rings. The Morgan fingerprint density at radius 2 is 0.579 bits per heavy atom. The summed E-state index contributed by atoms with van der Waals surface area (Å²) in [5, 5.41) is 11.2. The van der Waals surface area contributed by atoms with E-state index in [1.807, 2.05) is 25.1 Å². The molecular formula is C96H126N18O12. The summed E-state index contributed by atoms with van der Waals surface area (Å²) >= 11 is 0. The first-order valence-electron chi connectivity index (χ1n) is 63.0. The van der Waals surface area contributed by atoms with Gasteiger partial charge >= 0.3 is 36.6 Å².